The predicted molar refractivity (Wildman–Crippen MR) is 65.6 cm³/mol. The topological polar surface area (TPSA) is 79.6 Å². The summed E-state index contributed by atoms with van der Waals surface area (Å²) in [6.45, 7) is 1.49. The van der Waals surface area contributed by atoms with Crippen molar-refractivity contribution in [3.63, 3.8) is 0 Å². The van der Waals surface area contributed by atoms with Gasteiger partial charge in [-0.2, -0.15) is 18.2 Å². The Balaban J connectivity index is 2.39. The van der Waals surface area contributed by atoms with Crippen molar-refractivity contribution in [2.24, 2.45) is 0 Å². The minimum absolute atomic E-state index is 0.0608. The molecule has 5 nitrogen and oxygen atoms in total. The van der Waals surface area contributed by atoms with E-state index in [4.69, 9.17) is 13.6 Å². The molecule has 9 heteroatoms. The molecule has 1 aromatic carbocycles. The maximum absolute atomic E-state index is 12.8. The van der Waals surface area contributed by atoms with Crippen LogP contribution in [-0.2, 0) is 6.18 Å². The van der Waals surface area contributed by atoms with E-state index >= 15 is 0 Å². The highest BCUT2D eigenvalue weighted by Gasteiger charge is 2.32. The van der Waals surface area contributed by atoms with Crippen LogP contribution in [-0.4, -0.2) is 23.0 Å². The second-order valence-corrected chi connectivity index (χ2v) is 3.92. The third-order valence-electron chi connectivity index (χ3n) is 2.45. The molecule has 0 fully saturated rings. The molecule has 98 valence electrons. The number of hydrogen-bond acceptors (Lipinski definition) is 4. The molecule has 0 amide bonds. The minimum Gasteiger partial charge on any atom is -0.368 e. The summed E-state index contributed by atoms with van der Waals surface area (Å²) in [7, 11) is 5.43. The van der Waals surface area contributed by atoms with Crippen molar-refractivity contribution in [1.82, 2.24) is 15.2 Å². The predicted octanol–water partition coefficient (Wildman–Crippen LogP) is 1.25. The Kier molecular flexibility index (Phi) is 3.13. The van der Waals surface area contributed by atoms with Gasteiger partial charge in [0.2, 0.25) is 11.9 Å². The second-order valence-electron chi connectivity index (χ2n) is 3.92. The second kappa shape index (κ2) is 4.49. The van der Waals surface area contributed by atoms with E-state index in [1.807, 2.05) is 0 Å². The Morgan fingerprint density at radius 2 is 2.05 bits per heavy atom. The molecule has 0 atom stereocenters. The average Bonchev–Trinajstić information content (AvgIpc) is 2.67. The Morgan fingerprint density at radius 3 is 2.58 bits per heavy atom. The number of aromatic amines is 1. The van der Waals surface area contributed by atoms with Gasteiger partial charge in [0.1, 0.15) is 7.85 Å². The number of benzene rings is 1. The van der Waals surface area contributed by atoms with Crippen LogP contribution in [0.5, 0.6) is 0 Å². The molecule has 2 rings (SSSR count). The Morgan fingerprint density at radius 1 is 1.37 bits per heavy atom. The monoisotopic (exact) mass is 267 g/mol. The van der Waals surface area contributed by atoms with Gasteiger partial charge in [-0.3, -0.25) is 0 Å². The standard InChI is InChI=1S/C10H9BF3N5/c1-4-2-5(16-9-17-8(15)18-19-9)3-6(7(4)11)10(12,13)14/h2-3H,1H3,(H4,15,16,17,18,19). The molecule has 1 heterocycles. The van der Waals surface area contributed by atoms with Gasteiger partial charge in [-0.15, -0.1) is 5.10 Å². The SMILES string of the molecule is [B]c1c(C)cc(Nc2n[nH]c(N)n2)cc1C(F)(F)F. The maximum Gasteiger partial charge on any atom is 0.415 e. The molecule has 0 aliphatic heterocycles. The summed E-state index contributed by atoms with van der Waals surface area (Å²) < 4.78 is 38.4. The lowest BCUT2D eigenvalue weighted by atomic mass is 9.85. The smallest absolute Gasteiger partial charge is 0.368 e. The highest BCUT2D eigenvalue weighted by molar-refractivity contribution is 6.34. The molecular weight excluding hydrogens is 258 g/mol. The summed E-state index contributed by atoms with van der Waals surface area (Å²) in [6.07, 6.45) is -4.52. The molecule has 0 saturated carbocycles. The van der Waals surface area contributed by atoms with E-state index in [-0.39, 0.29) is 23.0 Å². The summed E-state index contributed by atoms with van der Waals surface area (Å²) in [5.74, 6) is 0.139. The van der Waals surface area contributed by atoms with Gasteiger partial charge in [0.05, 0.1) is 5.56 Å². The van der Waals surface area contributed by atoms with Crippen LogP contribution >= 0.6 is 0 Å². The highest BCUT2D eigenvalue weighted by Crippen LogP contribution is 2.30. The summed E-state index contributed by atoms with van der Waals surface area (Å²) in [6, 6.07) is 2.37. The van der Waals surface area contributed by atoms with Crippen molar-refractivity contribution in [1.29, 1.82) is 0 Å². The zero-order chi connectivity index (χ0) is 14.2. The van der Waals surface area contributed by atoms with E-state index in [2.05, 4.69) is 20.5 Å². The van der Waals surface area contributed by atoms with E-state index in [0.29, 0.717) is 5.56 Å². The normalized spacial score (nSPS) is 11.6. The number of aromatic nitrogens is 3. The third kappa shape index (κ3) is 2.80. The van der Waals surface area contributed by atoms with Gasteiger partial charge in [0.15, 0.2) is 0 Å². The fourth-order valence-electron chi connectivity index (χ4n) is 1.56. The first-order valence-electron chi connectivity index (χ1n) is 5.19. The van der Waals surface area contributed by atoms with Gasteiger partial charge >= 0.3 is 6.18 Å². The molecule has 2 radical (unpaired) electrons. The van der Waals surface area contributed by atoms with Crippen LogP contribution in [0.2, 0.25) is 0 Å². The first kappa shape index (κ1) is 13.3. The van der Waals surface area contributed by atoms with Crippen molar-refractivity contribution >= 4 is 30.9 Å². The van der Waals surface area contributed by atoms with E-state index in [1.165, 1.54) is 13.0 Å². The number of alkyl halides is 3. The Hall–Kier alpha value is -2.19. The third-order valence-corrected chi connectivity index (χ3v) is 2.45. The lowest BCUT2D eigenvalue weighted by Crippen LogP contribution is -2.22. The van der Waals surface area contributed by atoms with Gasteiger partial charge < -0.3 is 11.1 Å². The molecule has 0 unspecified atom stereocenters. The summed E-state index contributed by atoms with van der Waals surface area (Å²) >= 11 is 0. The average molecular weight is 267 g/mol. The quantitative estimate of drug-likeness (QED) is 0.715. The van der Waals surface area contributed by atoms with E-state index in [1.54, 1.807) is 0 Å². The lowest BCUT2D eigenvalue weighted by molar-refractivity contribution is -0.136. The molecule has 0 saturated heterocycles. The summed E-state index contributed by atoms with van der Waals surface area (Å²) in [5, 5.41) is 8.65. The number of nitrogens with zero attached hydrogens (tertiary/aromatic N) is 2. The zero-order valence-electron chi connectivity index (χ0n) is 9.84. The van der Waals surface area contributed by atoms with Gasteiger partial charge in [-0.05, 0) is 19.1 Å². The highest BCUT2D eigenvalue weighted by atomic mass is 19.4. The lowest BCUT2D eigenvalue weighted by Gasteiger charge is -2.15. The molecule has 2 aromatic rings. The van der Waals surface area contributed by atoms with Crippen molar-refractivity contribution < 1.29 is 13.2 Å². The van der Waals surface area contributed by atoms with Gasteiger partial charge in [0, 0.05) is 5.69 Å². The molecule has 0 aliphatic rings. The Bertz CT molecular complexity index is 608. The van der Waals surface area contributed by atoms with E-state index in [9.17, 15) is 13.2 Å². The number of nitrogen functional groups attached to an aromatic ring is 1. The Labute approximate surface area is 107 Å². The van der Waals surface area contributed by atoms with E-state index < -0.39 is 11.7 Å². The van der Waals surface area contributed by atoms with E-state index in [0.717, 1.165) is 6.07 Å². The molecule has 1 aromatic heterocycles. The van der Waals surface area contributed by atoms with Gasteiger partial charge in [0.25, 0.3) is 0 Å². The molecule has 19 heavy (non-hydrogen) atoms. The fourth-order valence-corrected chi connectivity index (χ4v) is 1.56. The number of hydrogen-bond donors (Lipinski definition) is 3. The number of nitrogens with one attached hydrogen (secondary N) is 2. The largest absolute Gasteiger partial charge is 0.415 e. The number of anilines is 3. The first-order chi connectivity index (χ1) is 8.77. The summed E-state index contributed by atoms with van der Waals surface area (Å²) in [5.41, 5.74) is 4.60. The maximum atomic E-state index is 12.8. The van der Waals surface area contributed by atoms with Crippen molar-refractivity contribution in [2.75, 3.05) is 11.1 Å². The number of halogens is 3. The number of nitrogens with two attached hydrogens (primary N) is 1. The molecule has 0 spiro atoms. The van der Waals surface area contributed by atoms with Crippen LogP contribution in [0.25, 0.3) is 0 Å². The van der Waals surface area contributed by atoms with Crippen LogP contribution in [0.4, 0.5) is 30.8 Å². The van der Waals surface area contributed by atoms with Crippen molar-refractivity contribution in [3.05, 3.63) is 23.3 Å². The van der Waals surface area contributed by atoms with Crippen LogP contribution in [0.1, 0.15) is 11.1 Å². The fraction of sp³-hybridized carbons (Fsp3) is 0.200. The summed E-state index contributed by atoms with van der Waals surface area (Å²) in [4.78, 5) is 3.74. The minimum atomic E-state index is -4.52. The van der Waals surface area contributed by atoms with Crippen molar-refractivity contribution in [3.8, 4) is 0 Å². The number of rotatable bonds is 2. The van der Waals surface area contributed by atoms with Crippen LogP contribution in [0.15, 0.2) is 12.1 Å². The molecule has 4 N–H and O–H groups in total. The molecular formula is C10H9BF3N5. The van der Waals surface area contributed by atoms with Crippen LogP contribution < -0.4 is 16.5 Å². The van der Waals surface area contributed by atoms with Gasteiger partial charge in [-0.1, -0.05) is 11.0 Å². The zero-order valence-corrected chi connectivity index (χ0v) is 9.84. The first-order valence-corrected chi connectivity index (χ1v) is 5.19. The van der Waals surface area contributed by atoms with Gasteiger partial charge in [-0.25, -0.2) is 5.10 Å². The van der Waals surface area contributed by atoms with Crippen LogP contribution in [0, 0.1) is 6.92 Å². The number of aryl methyl sites for hydroxylation is 1. The molecule has 0 bridgehead atoms. The number of H-pyrrole nitrogens is 1. The van der Waals surface area contributed by atoms with Crippen molar-refractivity contribution in [2.45, 2.75) is 13.1 Å². The molecule has 0 aliphatic carbocycles. The van der Waals surface area contributed by atoms with Crippen LogP contribution in [0.3, 0.4) is 0 Å².